The molecule has 0 heterocycles. The van der Waals surface area contributed by atoms with Crippen LogP contribution in [0.15, 0.2) is 36.4 Å². The first kappa shape index (κ1) is 20.0. The molecule has 0 fully saturated rings. The van der Waals surface area contributed by atoms with E-state index in [-0.39, 0.29) is 5.56 Å². The Bertz CT molecular complexity index is 754. The van der Waals surface area contributed by atoms with Crippen molar-refractivity contribution in [1.82, 2.24) is 0 Å². The predicted molar refractivity (Wildman–Crippen MR) is 102 cm³/mol. The number of ether oxygens (including phenoxy) is 1. The van der Waals surface area contributed by atoms with E-state index in [1.165, 1.54) is 0 Å². The van der Waals surface area contributed by atoms with Crippen LogP contribution in [0.1, 0.15) is 62.6 Å². The second-order valence-corrected chi connectivity index (χ2v) is 6.33. The van der Waals surface area contributed by atoms with Crippen LogP contribution in [-0.4, -0.2) is 6.61 Å². The lowest BCUT2D eigenvalue weighted by Gasteiger charge is -2.05. The van der Waals surface area contributed by atoms with E-state index >= 15 is 0 Å². The fourth-order valence-electron chi connectivity index (χ4n) is 2.56. The van der Waals surface area contributed by atoms with Gasteiger partial charge < -0.3 is 4.74 Å². The third kappa shape index (κ3) is 5.88. The van der Waals surface area contributed by atoms with Gasteiger partial charge in [0.25, 0.3) is 0 Å². The van der Waals surface area contributed by atoms with Gasteiger partial charge in [-0.25, -0.2) is 8.78 Å². The second-order valence-electron chi connectivity index (χ2n) is 6.33. The van der Waals surface area contributed by atoms with Crippen molar-refractivity contribution in [2.75, 3.05) is 6.61 Å². The highest BCUT2D eigenvalue weighted by Crippen LogP contribution is 2.18. The standard InChI is InChI=1S/C23H26F2O/c1-3-5-7-17-26-21-15-10-18(11-16-21)9-12-20-14-13-19(8-6-4-2)22(24)23(20)25/h10-11,13-16H,3-8,17H2,1-2H3. The van der Waals surface area contributed by atoms with E-state index in [1.54, 1.807) is 12.1 Å². The molecule has 0 aromatic heterocycles. The summed E-state index contributed by atoms with van der Waals surface area (Å²) in [6.07, 6.45) is 5.69. The maximum Gasteiger partial charge on any atom is 0.174 e. The van der Waals surface area contributed by atoms with Gasteiger partial charge in [-0.2, -0.15) is 0 Å². The molecule has 2 aromatic carbocycles. The Hall–Kier alpha value is -2.34. The zero-order valence-electron chi connectivity index (χ0n) is 15.6. The summed E-state index contributed by atoms with van der Waals surface area (Å²) in [7, 11) is 0. The van der Waals surface area contributed by atoms with Gasteiger partial charge in [0.1, 0.15) is 5.75 Å². The van der Waals surface area contributed by atoms with Gasteiger partial charge in [-0.3, -0.25) is 0 Å². The predicted octanol–water partition coefficient (Wildman–Crippen LogP) is 6.28. The Morgan fingerprint density at radius 1 is 0.808 bits per heavy atom. The van der Waals surface area contributed by atoms with E-state index in [9.17, 15) is 8.78 Å². The summed E-state index contributed by atoms with van der Waals surface area (Å²) >= 11 is 0. The zero-order valence-corrected chi connectivity index (χ0v) is 15.6. The molecule has 0 amide bonds. The molecule has 0 atom stereocenters. The summed E-state index contributed by atoms with van der Waals surface area (Å²) in [5.41, 5.74) is 1.24. The normalized spacial score (nSPS) is 10.3. The smallest absolute Gasteiger partial charge is 0.174 e. The van der Waals surface area contributed by atoms with E-state index in [0.29, 0.717) is 18.6 Å². The van der Waals surface area contributed by atoms with Crippen molar-refractivity contribution in [3.8, 4) is 17.6 Å². The molecule has 2 aromatic rings. The zero-order chi connectivity index (χ0) is 18.8. The third-order valence-corrected chi connectivity index (χ3v) is 4.17. The maximum atomic E-state index is 14.2. The highest BCUT2D eigenvalue weighted by atomic mass is 19.2. The lowest BCUT2D eigenvalue weighted by molar-refractivity contribution is 0.306. The Morgan fingerprint density at radius 2 is 1.54 bits per heavy atom. The van der Waals surface area contributed by atoms with Crippen LogP contribution in [0.5, 0.6) is 5.75 Å². The topological polar surface area (TPSA) is 9.23 Å². The monoisotopic (exact) mass is 356 g/mol. The minimum Gasteiger partial charge on any atom is -0.494 e. The Morgan fingerprint density at radius 3 is 2.23 bits per heavy atom. The molecule has 138 valence electrons. The fraction of sp³-hybridized carbons (Fsp3) is 0.391. The van der Waals surface area contributed by atoms with Crippen molar-refractivity contribution in [2.45, 2.75) is 52.4 Å². The molecule has 3 heteroatoms. The molecule has 0 saturated carbocycles. The van der Waals surface area contributed by atoms with Crippen molar-refractivity contribution >= 4 is 0 Å². The van der Waals surface area contributed by atoms with E-state index in [1.807, 2.05) is 31.2 Å². The van der Waals surface area contributed by atoms with Crippen molar-refractivity contribution < 1.29 is 13.5 Å². The van der Waals surface area contributed by atoms with Crippen LogP contribution in [0.3, 0.4) is 0 Å². The van der Waals surface area contributed by atoms with Crippen LogP contribution in [0.4, 0.5) is 8.78 Å². The SMILES string of the molecule is CCCCCOc1ccc(C#Cc2ccc(CCCC)c(F)c2F)cc1. The van der Waals surface area contributed by atoms with Gasteiger partial charge in [0.05, 0.1) is 12.2 Å². The number of halogens is 2. The van der Waals surface area contributed by atoms with E-state index in [0.717, 1.165) is 43.4 Å². The van der Waals surface area contributed by atoms with Crippen molar-refractivity contribution in [3.63, 3.8) is 0 Å². The number of aryl methyl sites for hydroxylation is 1. The molecule has 0 aliphatic heterocycles. The summed E-state index contributed by atoms with van der Waals surface area (Å²) < 4.78 is 33.9. The van der Waals surface area contributed by atoms with Crippen LogP contribution < -0.4 is 4.74 Å². The summed E-state index contributed by atoms with van der Waals surface area (Å²) in [5.74, 6) is 4.77. The second kappa shape index (κ2) is 10.6. The molecule has 0 aliphatic carbocycles. The molecule has 0 bridgehead atoms. The molecule has 0 spiro atoms. The van der Waals surface area contributed by atoms with Crippen LogP contribution >= 0.6 is 0 Å². The van der Waals surface area contributed by atoms with Gasteiger partial charge in [0.2, 0.25) is 0 Å². The highest BCUT2D eigenvalue weighted by molar-refractivity contribution is 5.45. The molecule has 0 unspecified atom stereocenters. The molecular weight excluding hydrogens is 330 g/mol. The van der Waals surface area contributed by atoms with Crippen molar-refractivity contribution in [1.29, 1.82) is 0 Å². The number of hydrogen-bond acceptors (Lipinski definition) is 1. The molecular formula is C23H26F2O. The van der Waals surface area contributed by atoms with E-state index in [2.05, 4.69) is 18.8 Å². The Labute approximate surface area is 155 Å². The Kier molecular flexibility index (Phi) is 8.15. The lowest BCUT2D eigenvalue weighted by atomic mass is 10.0. The number of hydrogen-bond donors (Lipinski definition) is 0. The first-order valence-corrected chi connectivity index (χ1v) is 9.37. The molecule has 0 saturated heterocycles. The summed E-state index contributed by atoms with van der Waals surface area (Å²) in [6.45, 7) is 4.88. The van der Waals surface area contributed by atoms with Crippen LogP contribution in [0.2, 0.25) is 0 Å². The van der Waals surface area contributed by atoms with Crippen LogP contribution in [0.25, 0.3) is 0 Å². The van der Waals surface area contributed by atoms with Gasteiger partial charge in [-0.15, -0.1) is 0 Å². The maximum absolute atomic E-state index is 14.2. The quantitative estimate of drug-likeness (QED) is 0.400. The largest absolute Gasteiger partial charge is 0.494 e. The number of rotatable bonds is 8. The average molecular weight is 356 g/mol. The molecule has 2 rings (SSSR count). The molecule has 0 radical (unpaired) electrons. The minimum atomic E-state index is -0.859. The van der Waals surface area contributed by atoms with Crippen molar-refractivity contribution in [3.05, 3.63) is 64.7 Å². The van der Waals surface area contributed by atoms with Crippen LogP contribution in [-0.2, 0) is 6.42 Å². The molecule has 26 heavy (non-hydrogen) atoms. The molecule has 0 N–H and O–H groups in total. The number of unbranched alkanes of at least 4 members (excludes halogenated alkanes) is 3. The Balaban J connectivity index is 2.03. The van der Waals surface area contributed by atoms with Crippen LogP contribution in [0, 0.1) is 23.5 Å². The first-order valence-electron chi connectivity index (χ1n) is 9.37. The van der Waals surface area contributed by atoms with Gasteiger partial charge >= 0.3 is 0 Å². The van der Waals surface area contributed by atoms with Gasteiger partial charge in [-0.05, 0) is 55.2 Å². The minimum absolute atomic E-state index is 0.0858. The summed E-state index contributed by atoms with van der Waals surface area (Å²) in [6, 6.07) is 10.5. The highest BCUT2D eigenvalue weighted by Gasteiger charge is 2.11. The molecule has 0 aliphatic rings. The van der Waals surface area contributed by atoms with Gasteiger partial charge in [0.15, 0.2) is 11.6 Å². The molecule has 1 nitrogen and oxygen atoms in total. The lowest BCUT2D eigenvalue weighted by Crippen LogP contribution is -1.98. The number of benzene rings is 2. The van der Waals surface area contributed by atoms with E-state index in [4.69, 9.17) is 4.74 Å². The van der Waals surface area contributed by atoms with Gasteiger partial charge in [-0.1, -0.05) is 51.0 Å². The first-order chi connectivity index (χ1) is 12.7. The van der Waals surface area contributed by atoms with Crippen molar-refractivity contribution in [2.24, 2.45) is 0 Å². The average Bonchev–Trinajstić information content (AvgIpc) is 2.66. The summed E-state index contributed by atoms with van der Waals surface area (Å²) in [5, 5.41) is 0. The summed E-state index contributed by atoms with van der Waals surface area (Å²) in [4.78, 5) is 0. The fourth-order valence-corrected chi connectivity index (χ4v) is 2.56. The van der Waals surface area contributed by atoms with Gasteiger partial charge in [0, 0.05) is 5.56 Å². The third-order valence-electron chi connectivity index (χ3n) is 4.17. The van der Waals surface area contributed by atoms with E-state index < -0.39 is 11.6 Å².